The summed E-state index contributed by atoms with van der Waals surface area (Å²) in [5.41, 5.74) is 0.881. The van der Waals surface area contributed by atoms with Crippen LogP contribution in [0.5, 0.6) is 0 Å². The number of fused-ring (bicyclic) bond motifs is 1. The third-order valence-corrected chi connectivity index (χ3v) is 6.92. The van der Waals surface area contributed by atoms with Gasteiger partial charge in [-0.15, -0.1) is 0 Å². The van der Waals surface area contributed by atoms with Gasteiger partial charge in [-0.05, 0) is 18.6 Å². The third kappa shape index (κ3) is 19.8. The first kappa shape index (κ1) is 40.7. The highest BCUT2D eigenvalue weighted by atomic mass is 16.6. The second-order valence-corrected chi connectivity index (χ2v) is 10.6. The van der Waals surface area contributed by atoms with Crippen molar-refractivity contribution >= 4 is 17.8 Å². The summed E-state index contributed by atoms with van der Waals surface area (Å²) in [6.07, 6.45) is 6.04. The van der Waals surface area contributed by atoms with Crippen molar-refractivity contribution in [1.82, 2.24) is 4.90 Å². The number of carbonyl (C=O) groups excluding carboxylic acids is 3. The van der Waals surface area contributed by atoms with Gasteiger partial charge in [-0.3, -0.25) is 19.3 Å². The Hall–Kier alpha value is -2.49. The highest BCUT2D eigenvalue weighted by molar-refractivity contribution is 6.21. The van der Waals surface area contributed by atoms with Gasteiger partial charge in [-0.2, -0.15) is 0 Å². The summed E-state index contributed by atoms with van der Waals surface area (Å²) < 4.78 is 48.8. The average Bonchev–Trinajstić information content (AvgIpc) is 3.32. The summed E-state index contributed by atoms with van der Waals surface area (Å²) in [5, 5.41) is 0. The monoisotopic (exact) mass is 669 g/mol. The van der Waals surface area contributed by atoms with Gasteiger partial charge >= 0.3 is 5.97 Å². The third-order valence-electron chi connectivity index (χ3n) is 6.92. The molecule has 2 rings (SSSR count). The summed E-state index contributed by atoms with van der Waals surface area (Å²) in [4.78, 5) is 37.4. The molecule has 1 aromatic carbocycles. The Morgan fingerprint density at radius 2 is 0.872 bits per heavy atom. The molecule has 1 heterocycles. The van der Waals surface area contributed by atoms with Crippen LogP contribution in [0.25, 0.3) is 0 Å². The molecule has 13 heteroatoms. The molecule has 13 nitrogen and oxygen atoms in total. The Labute approximate surface area is 279 Å². The minimum Gasteiger partial charge on any atom is -0.463 e. The Morgan fingerprint density at radius 3 is 1.28 bits per heavy atom. The summed E-state index contributed by atoms with van der Waals surface area (Å²) in [7, 11) is 0. The van der Waals surface area contributed by atoms with Crippen molar-refractivity contribution in [2.45, 2.75) is 45.4 Å². The molecule has 2 amide bonds. The molecule has 0 N–H and O–H groups in total. The lowest BCUT2D eigenvalue weighted by Crippen LogP contribution is -2.33. The van der Waals surface area contributed by atoms with Gasteiger partial charge < -0.3 is 42.6 Å². The van der Waals surface area contributed by atoms with Crippen LogP contribution in [0.4, 0.5) is 0 Å². The zero-order valence-electron chi connectivity index (χ0n) is 28.1. The highest BCUT2D eigenvalue weighted by Crippen LogP contribution is 2.21. The van der Waals surface area contributed by atoms with Gasteiger partial charge in [0.05, 0.1) is 123 Å². The van der Waals surface area contributed by atoms with E-state index in [1.54, 1.807) is 24.3 Å². The quantitative estimate of drug-likeness (QED) is 0.0617. The van der Waals surface area contributed by atoms with E-state index in [-0.39, 0.29) is 37.5 Å². The molecule has 0 spiro atoms. The average molecular weight is 670 g/mol. The summed E-state index contributed by atoms with van der Waals surface area (Å²) in [5.74, 6) is -0.713. The molecule has 0 aliphatic carbocycles. The van der Waals surface area contributed by atoms with E-state index in [0.717, 1.165) is 12.8 Å². The van der Waals surface area contributed by atoms with Crippen LogP contribution in [-0.2, 0) is 47.4 Å². The van der Waals surface area contributed by atoms with Gasteiger partial charge in [0, 0.05) is 6.42 Å². The summed E-state index contributed by atoms with van der Waals surface area (Å²) >= 11 is 0. The van der Waals surface area contributed by atoms with Crippen molar-refractivity contribution < 1.29 is 57.0 Å². The Balaban J connectivity index is 1.20. The van der Waals surface area contributed by atoms with Crippen molar-refractivity contribution in [2.24, 2.45) is 0 Å². The smallest absolute Gasteiger partial charge is 0.305 e. The number of imide groups is 1. The molecule has 268 valence electrons. The van der Waals surface area contributed by atoms with Crippen LogP contribution in [0, 0.1) is 0 Å². The largest absolute Gasteiger partial charge is 0.463 e. The Bertz CT molecular complexity index is 928. The van der Waals surface area contributed by atoms with Crippen LogP contribution in [0.3, 0.4) is 0 Å². The van der Waals surface area contributed by atoms with E-state index < -0.39 is 0 Å². The van der Waals surface area contributed by atoms with Crippen molar-refractivity contribution in [3.8, 4) is 0 Å². The Kier molecular flexibility index (Phi) is 24.7. The second-order valence-electron chi connectivity index (χ2n) is 10.6. The zero-order valence-corrected chi connectivity index (χ0v) is 28.1. The number of hydrogen-bond donors (Lipinski definition) is 0. The molecule has 0 radical (unpaired) electrons. The molecule has 0 fully saturated rings. The number of carbonyl (C=O) groups is 3. The number of unbranched alkanes of at least 4 members (excludes halogenated alkanes) is 4. The first-order chi connectivity index (χ1) is 23.1. The molecule has 0 bridgehead atoms. The molecule has 47 heavy (non-hydrogen) atoms. The van der Waals surface area contributed by atoms with Crippen LogP contribution < -0.4 is 0 Å². The first-order valence-electron chi connectivity index (χ1n) is 16.9. The lowest BCUT2D eigenvalue weighted by Gasteiger charge is -2.13. The van der Waals surface area contributed by atoms with Crippen molar-refractivity contribution in [2.75, 3.05) is 119 Å². The molecular weight excluding hydrogens is 614 g/mol. The van der Waals surface area contributed by atoms with Crippen LogP contribution in [0.1, 0.15) is 66.2 Å². The SMILES string of the molecule is CCCCCCCC(=O)OCCOCCOCCOCCOCCOCCOCCOCCOCCN1C(=O)c2ccccc2C1=O. The van der Waals surface area contributed by atoms with Gasteiger partial charge in [-0.1, -0.05) is 44.7 Å². The number of amides is 2. The fourth-order valence-corrected chi connectivity index (χ4v) is 4.40. The maximum Gasteiger partial charge on any atom is 0.305 e. The maximum absolute atomic E-state index is 12.3. The fourth-order valence-electron chi connectivity index (χ4n) is 4.40. The number of benzene rings is 1. The molecule has 1 aliphatic rings. The molecule has 0 unspecified atom stereocenters. The van der Waals surface area contributed by atoms with E-state index in [4.69, 9.17) is 42.6 Å². The van der Waals surface area contributed by atoms with Gasteiger partial charge in [0.25, 0.3) is 11.8 Å². The minimum absolute atomic E-state index is 0.154. The molecule has 1 aromatic rings. The normalized spacial score (nSPS) is 12.7. The van der Waals surface area contributed by atoms with E-state index in [2.05, 4.69) is 6.92 Å². The first-order valence-corrected chi connectivity index (χ1v) is 16.9. The van der Waals surface area contributed by atoms with E-state index in [0.29, 0.717) is 117 Å². The predicted molar refractivity (Wildman–Crippen MR) is 173 cm³/mol. The molecule has 0 atom stereocenters. The number of ether oxygens (including phenoxy) is 9. The van der Waals surface area contributed by atoms with E-state index in [1.165, 1.54) is 24.2 Å². The van der Waals surface area contributed by atoms with Gasteiger partial charge in [0.2, 0.25) is 0 Å². The van der Waals surface area contributed by atoms with Crippen LogP contribution in [-0.4, -0.2) is 142 Å². The molecular formula is C34H55NO12. The number of nitrogens with zero attached hydrogens (tertiary/aromatic N) is 1. The predicted octanol–water partition coefficient (Wildman–Crippen LogP) is 3.32. The highest BCUT2D eigenvalue weighted by Gasteiger charge is 2.34. The van der Waals surface area contributed by atoms with E-state index >= 15 is 0 Å². The molecule has 0 saturated heterocycles. The fraction of sp³-hybridized carbons (Fsp3) is 0.735. The molecule has 1 aliphatic heterocycles. The van der Waals surface area contributed by atoms with Crippen molar-refractivity contribution in [3.63, 3.8) is 0 Å². The van der Waals surface area contributed by atoms with Crippen molar-refractivity contribution in [1.29, 1.82) is 0 Å². The van der Waals surface area contributed by atoms with E-state index in [9.17, 15) is 14.4 Å². The topological polar surface area (TPSA) is 138 Å². The number of esters is 1. The number of hydrogen-bond acceptors (Lipinski definition) is 12. The summed E-state index contributed by atoms with van der Waals surface area (Å²) in [6.45, 7) is 9.59. The van der Waals surface area contributed by atoms with Crippen molar-refractivity contribution in [3.05, 3.63) is 35.4 Å². The second kappa shape index (κ2) is 28.5. The molecule has 0 saturated carbocycles. The Morgan fingerprint density at radius 1 is 0.511 bits per heavy atom. The number of rotatable bonds is 33. The molecule has 0 aromatic heterocycles. The van der Waals surface area contributed by atoms with Crippen LogP contribution in [0.15, 0.2) is 24.3 Å². The zero-order chi connectivity index (χ0) is 33.6. The van der Waals surface area contributed by atoms with Gasteiger partial charge in [0.15, 0.2) is 0 Å². The summed E-state index contributed by atoms with van der Waals surface area (Å²) in [6, 6.07) is 6.81. The van der Waals surface area contributed by atoms with E-state index in [1.807, 2.05) is 0 Å². The lowest BCUT2D eigenvalue weighted by atomic mass is 10.1. The maximum atomic E-state index is 12.3. The lowest BCUT2D eigenvalue weighted by molar-refractivity contribution is -0.145. The van der Waals surface area contributed by atoms with Crippen LogP contribution >= 0.6 is 0 Å². The van der Waals surface area contributed by atoms with Gasteiger partial charge in [0.1, 0.15) is 6.61 Å². The van der Waals surface area contributed by atoms with Gasteiger partial charge in [-0.25, -0.2) is 0 Å². The minimum atomic E-state index is -0.279. The standard InChI is InChI=1S/C34H55NO12/c1-2-3-4-5-6-11-32(36)47-29-28-46-27-26-45-25-24-44-23-22-43-21-20-42-19-18-41-17-16-40-15-14-39-13-12-35-33(37)30-9-7-8-10-31(30)34(35)38/h7-10H,2-6,11-29H2,1H3. The van der Waals surface area contributed by atoms with Crippen LogP contribution in [0.2, 0.25) is 0 Å².